The van der Waals surface area contributed by atoms with Crippen LogP contribution in [0.25, 0.3) is 0 Å². The van der Waals surface area contributed by atoms with Crippen molar-refractivity contribution in [2.24, 2.45) is 23.7 Å². The van der Waals surface area contributed by atoms with Gasteiger partial charge in [0.05, 0.1) is 12.2 Å². The molecule has 6 amide bonds. The van der Waals surface area contributed by atoms with Crippen LogP contribution in [0, 0.1) is 23.7 Å². The van der Waals surface area contributed by atoms with Crippen molar-refractivity contribution >= 4 is 47.2 Å². The molecule has 4 aliphatic heterocycles. The second kappa shape index (κ2) is 24.3. The van der Waals surface area contributed by atoms with Crippen molar-refractivity contribution in [3.05, 3.63) is 23.3 Å². The van der Waals surface area contributed by atoms with Crippen LogP contribution in [0.5, 0.6) is 0 Å². The molecule has 20 nitrogen and oxygen atoms in total. The molecule has 6 N–H and O–H groups in total. The van der Waals surface area contributed by atoms with Crippen molar-refractivity contribution in [3.63, 3.8) is 0 Å². The first-order valence-corrected chi connectivity index (χ1v) is 25.4. The molecule has 4 heterocycles. The fourth-order valence-corrected chi connectivity index (χ4v) is 10.1. The van der Waals surface area contributed by atoms with E-state index < -0.39 is 119 Å². The van der Waals surface area contributed by atoms with Gasteiger partial charge in [-0.3, -0.25) is 38.8 Å². The maximum absolute atomic E-state index is 15.2. The van der Waals surface area contributed by atoms with Gasteiger partial charge in [-0.15, -0.1) is 0 Å². The van der Waals surface area contributed by atoms with Crippen molar-refractivity contribution in [1.82, 2.24) is 30.4 Å². The topological polar surface area (TPSA) is 273 Å². The molecule has 4 rings (SSSR count). The van der Waals surface area contributed by atoms with E-state index in [4.69, 9.17) is 9.47 Å². The maximum atomic E-state index is 15.2. The summed E-state index contributed by atoms with van der Waals surface area (Å²) in [7, 11) is 1.37. The quantitative estimate of drug-likeness (QED) is 0.0752. The number of ketones is 1. The lowest BCUT2D eigenvalue weighted by Crippen LogP contribution is -2.69. The Morgan fingerprint density at radius 2 is 1.46 bits per heavy atom. The van der Waals surface area contributed by atoms with Crippen LogP contribution < -0.4 is 10.6 Å². The third-order valence-electron chi connectivity index (χ3n) is 14.9. The number of Topliss-reactive ketones (excluding diaryl/α,β-unsaturated/α-hetero) is 1. The van der Waals surface area contributed by atoms with E-state index in [2.05, 4.69) is 10.6 Å². The van der Waals surface area contributed by atoms with Crippen LogP contribution in [0.15, 0.2) is 23.3 Å². The molecule has 2 unspecified atom stereocenters. The first kappa shape index (κ1) is 58.8. The molecule has 0 aliphatic carbocycles. The number of carbonyl (C=O) groups is 8. The molecular weight excluding hydrogens is 921 g/mol. The Hall–Kier alpha value is -4.76. The molecule has 400 valence electrons. The van der Waals surface area contributed by atoms with Gasteiger partial charge >= 0.3 is 5.97 Å². The molecule has 4 fully saturated rings. The van der Waals surface area contributed by atoms with Gasteiger partial charge in [0.2, 0.25) is 29.4 Å². The number of aliphatic hydroxyl groups is 3. The zero-order valence-corrected chi connectivity index (χ0v) is 44.1. The number of carbonyl (C=O) groups excluding carboxylic acids is 8. The molecule has 0 radical (unpaired) electrons. The second-order valence-electron chi connectivity index (χ2n) is 21.3. The summed E-state index contributed by atoms with van der Waals surface area (Å²) >= 11 is 0. The number of allylic oxidation sites excluding steroid dienone is 3. The molecule has 13 atom stereocenters. The lowest BCUT2D eigenvalue weighted by Gasteiger charge is -2.48. The number of nitrogens with zero attached hydrogens (tertiary/aromatic N) is 4. The minimum absolute atomic E-state index is 0.00237. The van der Waals surface area contributed by atoms with Crippen LogP contribution >= 0.6 is 0 Å². The van der Waals surface area contributed by atoms with E-state index in [0.29, 0.717) is 36.8 Å². The third-order valence-corrected chi connectivity index (χ3v) is 14.9. The van der Waals surface area contributed by atoms with E-state index in [9.17, 15) is 54.1 Å². The predicted octanol–water partition coefficient (Wildman–Crippen LogP) is 2.53. The minimum Gasteiger partial charge on any atom is -0.458 e. The molecule has 0 aromatic carbocycles. The van der Waals surface area contributed by atoms with Crippen molar-refractivity contribution < 1.29 is 68.4 Å². The number of hydroxylamine groups is 2. The first-order valence-electron chi connectivity index (χ1n) is 25.4. The molecule has 0 spiro atoms. The van der Waals surface area contributed by atoms with Crippen LogP contribution in [0.3, 0.4) is 0 Å². The van der Waals surface area contributed by atoms with Crippen LogP contribution in [0.1, 0.15) is 141 Å². The van der Waals surface area contributed by atoms with Gasteiger partial charge in [0.25, 0.3) is 11.8 Å². The van der Waals surface area contributed by atoms with Crippen LogP contribution in [-0.4, -0.2) is 174 Å². The highest BCUT2D eigenvalue weighted by Crippen LogP contribution is 2.41. The third kappa shape index (κ3) is 13.1. The molecule has 4 saturated heterocycles. The van der Waals surface area contributed by atoms with E-state index in [1.807, 2.05) is 20.8 Å². The smallest absolute Gasteiger partial charge is 0.331 e. The molecule has 0 bridgehead atoms. The van der Waals surface area contributed by atoms with E-state index in [1.54, 1.807) is 53.7 Å². The monoisotopic (exact) mass is 1000 g/mol. The van der Waals surface area contributed by atoms with Gasteiger partial charge in [0.15, 0.2) is 17.4 Å². The number of rotatable bonds is 11. The number of esters is 1. The van der Waals surface area contributed by atoms with E-state index in [1.165, 1.54) is 25.8 Å². The highest BCUT2D eigenvalue weighted by atomic mass is 16.6. The summed E-state index contributed by atoms with van der Waals surface area (Å²) in [5, 5.41) is 52.3. The standard InChI is InChI=1S/C51H82N6O14/c1-14-29(6)40(59)31(8)26-32(9)42-30(7)21-22-51(68,71-42)50(12,67)49(66)53-39-41(28(4)5)70-48(65)38(34(11)58)52-43(60)35-19-15-17-23-55(35)45(62)37(25-27(2)3)54(13)44(61)33(10)57(69)46(63)36-20-16-18-24-56(36)47(39)64/h14,26-28,30-31,33-39,41-42,58,67-69H,15-25H2,1-13H3,(H,52,60)(H,53,66)/b29-14+,32-26+/t30-,31-,33-,34-,35-,36+,37?,38?,39-,41-,42-,50+,51+/m0/s1. The highest BCUT2D eigenvalue weighted by Gasteiger charge is 2.58. The SMILES string of the molecule is C/C=C(\C)C(=O)[C@@H](C)/C=C(\C)[C@H]1O[C@@](O)([C@](C)(O)C(=O)N[C@@H]2C(=O)N3CCCC[C@@H]3C(=O)N(O)[C@@H](C)C(=O)N(C)C(CC(C)C)C(=O)N3CCCC[C@H]3C(=O)NC([C@H](C)O)C(=O)O[C@H]2C(C)C)CC[C@@H]1C. The number of ether oxygens (including phenoxy) is 2. The van der Waals surface area contributed by atoms with Crippen LogP contribution in [0.2, 0.25) is 0 Å². The first-order chi connectivity index (χ1) is 33.0. The number of nitrogens with one attached hydrogen (secondary N) is 2. The number of cyclic esters (lactones) is 1. The van der Waals surface area contributed by atoms with Gasteiger partial charge in [-0.1, -0.05) is 53.7 Å². The van der Waals surface area contributed by atoms with Crippen LogP contribution in [-0.2, 0) is 47.8 Å². The fourth-order valence-electron chi connectivity index (χ4n) is 10.1. The van der Waals surface area contributed by atoms with Gasteiger partial charge in [-0.05, 0) is 122 Å². The number of piperidine rings is 2. The largest absolute Gasteiger partial charge is 0.458 e. The lowest BCUT2D eigenvalue weighted by atomic mass is 9.80. The summed E-state index contributed by atoms with van der Waals surface area (Å²) in [6.07, 6.45) is 1.46. The normalized spacial score (nSPS) is 32.5. The summed E-state index contributed by atoms with van der Waals surface area (Å²) in [6, 6.07) is -8.97. The minimum atomic E-state index is -2.82. The Morgan fingerprint density at radius 1 is 0.887 bits per heavy atom. The number of fused-ring (bicyclic) bond motifs is 2. The summed E-state index contributed by atoms with van der Waals surface area (Å²) in [4.78, 5) is 118. The summed E-state index contributed by atoms with van der Waals surface area (Å²) in [5.41, 5.74) is -1.70. The summed E-state index contributed by atoms with van der Waals surface area (Å²) < 4.78 is 12.3. The van der Waals surface area contributed by atoms with Crippen LogP contribution in [0.4, 0.5) is 0 Å². The molecule has 0 saturated carbocycles. The number of aliphatic hydroxyl groups excluding tert-OH is 1. The molecule has 4 aliphatic rings. The average Bonchev–Trinajstić information content (AvgIpc) is 3.33. The van der Waals surface area contributed by atoms with Crippen molar-refractivity contribution in [3.8, 4) is 0 Å². The maximum Gasteiger partial charge on any atom is 0.331 e. The number of amides is 6. The van der Waals surface area contributed by atoms with E-state index in [0.717, 1.165) is 16.7 Å². The Labute approximate surface area is 418 Å². The van der Waals surface area contributed by atoms with E-state index >= 15 is 4.79 Å². The predicted molar refractivity (Wildman–Crippen MR) is 259 cm³/mol. The lowest BCUT2D eigenvalue weighted by molar-refractivity contribution is -0.321. The fraction of sp³-hybridized carbons (Fsp3) is 0.765. The zero-order chi connectivity index (χ0) is 53.6. The average molecular weight is 1000 g/mol. The Balaban J connectivity index is 1.85. The van der Waals surface area contributed by atoms with Crippen molar-refractivity contribution in [2.75, 3.05) is 20.1 Å². The molecule has 71 heavy (non-hydrogen) atoms. The van der Waals surface area contributed by atoms with Gasteiger partial charge in [0, 0.05) is 32.5 Å². The summed E-state index contributed by atoms with van der Waals surface area (Å²) in [5.74, 6) is -11.2. The highest BCUT2D eigenvalue weighted by molar-refractivity contribution is 5.98. The summed E-state index contributed by atoms with van der Waals surface area (Å²) in [6.45, 7) is 19.1. The number of hydrogen-bond donors (Lipinski definition) is 6. The molecule has 0 aromatic rings. The van der Waals surface area contributed by atoms with Gasteiger partial charge in [-0.2, -0.15) is 0 Å². The zero-order valence-electron chi connectivity index (χ0n) is 44.1. The van der Waals surface area contributed by atoms with Gasteiger partial charge < -0.3 is 50.1 Å². The van der Waals surface area contributed by atoms with Gasteiger partial charge in [0.1, 0.15) is 36.3 Å². The second-order valence-corrected chi connectivity index (χ2v) is 21.3. The Bertz CT molecular complexity index is 2060. The molecule has 0 aromatic heterocycles. The van der Waals surface area contributed by atoms with Crippen molar-refractivity contribution in [2.45, 2.75) is 207 Å². The Kier molecular flexibility index (Phi) is 20.1. The number of hydrogen-bond acceptors (Lipinski definition) is 14. The van der Waals surface area contributed by atoms with E-state index in [-0.39, 0.29) is 67.9 Å². The molecule has 20 heteroatoms. The Morgan fingerprint density at radius 3 is 2.01 bits per heavy atom. The molecular formula is C51H82N6O14. The van der Waals surface area contributed by atoms with Gasteiger partial charge in [-0.25, -0.2) is 9.86 Å². The number of likely N-dealkylation sites (N-methyl/N-ethyl adjacent to an activating group) is 1. The van der Waals surface area contributed by atoms with Crippen molar-refractivity contribution in [1.29, 1.82) is 0 Å².